The summed E-state index contributed by atoms with van der Waals surface area (Å²) in [6.07, 6.45) is -3.66. The molecule has 2 N–H and O–H groups in total. The number of rotatable bonds is 2. The lowest BCUT2D eigenvalue weighted by molar-refractivity contribution is -0.274. The van der Waals surface area contributed by atoms with Crippen molar-refractivity contribution in [3.05, 3.63) is 28.2 Å². The van der Waals surface area contributed by atoms with Crippen LogP contribution in [0.4, 0.5) is 13.2 Å². The molecular formula is C8H6BrF3N2O. The molecule has 7 heteroatoms. The Kier molecular flexibility index (Phi) is 3.57. The van der Waals surface area contributed by atoms with E-state index in [4.69, 9.17) is 5.84 Å². The van der Waals surface area contributed by atoms with Gasteiger partial charge in [-0.1, -0.05) is 6.07 Å². The molecule has 82 valence electrons. The number of ether oxygens (including phenoxy) is 1. The Morgan fingerprint density at radius 3 is 2.60 bits per heavy atom. The van der Waals surface area contributed by atoms with Crippen LogP contribution in [-0.2, 0) is 0 Å². The van der Waals surface area contributed by atoms with Crippen molar-refractivity contribution in [3.63, 3.8) is 0 Å². The lowest BCUT2D eigenvalue weighted by Gasteiger charge is -2.11. The Morgan fingerprint density at radius 2 is 2.07 bits per heavy atom. The lowest BCUT2D eigenvalue weighted by Crippen LogP contribution is -2.18. The van der Waals surface area contributed by atoms with Crippen LogP contribution in [0.3, 0.4) is 0 Å². The van der Waals surface area contributed by atoms with Crippen molar-refractivity contribution >= 4 is 22.1 Å². The van der Waals surface area contributed by atoms with Crippen molar-refractivity contribution in [2.75, 3.05) is 0 Å². The summed E-state index contributed by atoms with van der Waals surface area (Å²) in [6, 6.07) is 4.15. The zero-order valence-corrected chi connectivity index (χ0v) is 8.84. The van der Waals surface area contributed by atoms with Gasteiger partial charge in [-0.25, -0.2) is 0 Å². The van der Waals surface area contributed by atoms with E-state index in [0.29, 0.717) is 4.47 Å². The fraction of sp³-hybridized carbons (Fsp3) is 0.125. The standard InChI is InChI=1S/C8H6BrF3N2O/c9-6-2-1-3-7(5(6)4-14-13)15-8(10,11)12/h1-4H,13H2. The summed E-state index contributed by atoms with van der Waals surface area (Å²) in [7, 11) is 0. The van der Waals surface area contributed by atoms with E-state index in [-0.39, 0.29) is 11.3 Å². The maximum atomic E-state index is 12.0. The third kappa shape index (κ3) is 3.43. The molecule has 0 aromatic heterocycles. The first kappa shape index (κ1) is 11.8. The molecule has 0 bridgehead atoms. The van der Waals surface area contributed by atoms with Crippen LogP contribution in [0, 0.1) is 0 Å². The van der Waals surface area contributed by atoms with E-state index in [1.54, 1.807) is 6.07 Å². The highest BCUT2D eigenvalue weighted by atomic mass is 79.9. The molecular weight excluding hydrogens is 277 g/mol. The normalized spacial score (nSPS) is 12.0. The summed E-state index contributed by atoms with van der Waals surface area (Å²) in [5.74, 6) is 4.52. The van der Waals surface area contributed by atoms with Crippen LogP contribution in [0.5, 0.6) is 5.75 Å². The number of halogens is 4. The first-order valence-corrected chi connectivity index (χ1v) is 4.51. The van der Waals surface area contributed by atoms with Gasteiger partial charge in [-0.15, -0.1) is 13.2 Å². The molecule has 1 aromatic rings. The molecule has 0 saturated heterocycles. The number of nitrogens with zero attached hydrogens (tertiary/aromatic N) is 1. The summed E-state index contributed by atoms with van der Waals surface area (Å²) in [4.78, 5) is 0. The van der Waals surface area contributed by atoms with E-state index in [1.165, 1.54) is 12.1 Å². The van der Waals surface area contributed by atoms with Gasteiger partial charge in [0.15, 0.2) is 0 Å². The van der Waals surface area contributed by atoms with Crippen LogP contribution in [0.25, 0.3) is 0 Å². The molecule has 0 aliphatic carbocycles. The summed E-state index contributed by atoms with van der Waals surface area (Å²) < 4.78 is 40.1. The Hall–Kier alpha value is -1.24. The van der Waals surface area contributed by atoms with E-state index >= 15 is 0 Å². The predicted octanol–water partition coefficient (Wildman–Crippen LogP) is 2.64. The van der Waals surface area contributed by atoms with Crippen molar-refractivity contribution in [1.82, 2.24) is 0 Å². The monoisotopic (exact) mass is 282 g/mol. The summed E-state index contributed by atoms with van der Waals surface area (Å²) in [5, 5.41) is 3.16. The van der Waals surface area contributed by atoms with Gasteiger partial charge in [-0.2, -0.15) is 5.10 Å². The van der Waals surface area contributed by atoms with Gasteiger partial charge in [-0.3, -0.25) is 0 Å². The molecule has 0 saturated carbocycles. The van der Waals surface area contributed by atoms with Gasteiger partial charge >= 0.3 is 6.36 Å². The Bertz CT molecular complexity index is 379. The maximum Gasteiger partial charge on any atom is 0.573 e. The second kappa shape index (κ2) is 4.52. The van der Waals surface area contributed by atoms with Crippen LogP contribution in [0.15, 0.2) is 27.8 Å². The second-order valence-electron chi connectivity index (χ2n) is 2.48. The summed E-state index contributed by atoms with van der Waals surface area (Å²) in [6.45, 7) is 0. The number of hydrazone groups is 1. The molecule has 0 amide bonds. The van der Waals surface area contributed by atoms with E-state index in [0.717, 1.165) is 6.21 Å². The van der Waals surface area contributed by atoms with Crippen LogP contribution in [0.1, 0.15) is 5.56 Å². The minimum atomic E-state index is -4.74. The lowest BCUT2D eigenvalue weighted by atomic mass is 10.2. The van der Waals surface area contributed by atoms with Gasteiger partial charge in [-0.05, 0) is 28.1 Å². The molecule has 0 spiro atoms. The molecule has 0 radical (unpaired) electrons. The van der Waals surface area contributed by atoms with E-state index < -0.39 is 6.36 Å². The van der Waals surface area contributed by atoms with E-state index in [9.17, 15) is 13.2 Å². The van der Waals surface area contributed by atoms with Crippen molar-refractivity contribution in [3.8, 4) is 5.75 Å². The van der Waals surface area contributed by atoms with Gasteiger partial charge in [0.2, 0.25) is 0 Å². The first-order valence-electron chi connectivity index (χ1n) is 3.71. The Balaban J connectivity index is 3.11. The van der Waals surface area contributed by atoms with E-state index in [1.807, 2.05) is 0 Å². The third-order valence-corrected chi connectivity index (χ3v) is 2.13. The fourth-order valence-corrected chi connectivity index (χ4v) is 1.38. The van der Waals surface area contributed by atoms with Crippen molar-refractivity contribution in [1.29, 1.82) is 0 Å². The summed E-state index contributed by atoms with van der Waals surface area (Å²) in [5.41, 5.74) is 0.136. The maximum absolute atomic E-state index is 12.0. The number of hydrogen-bond acceptors (Lipinski definition) is 3. The van der Waals surface area contributed by atoms with Gasteiger partial charge < -0.3 is 10.6 Å². The van der Waals surface area contributed by atoms with Crippen molar-refractivity contribution < 1.29 is 17.9 Å². The predicted molar refractivity (Wildman–Crippen MR) is 52.6 cm³/mol. The molecule has 0 fully saturated rings. The van der Waals surface area contributed by atoms with Crippen LogP contribution < -0.4 is 10.6 Å². The molecule has 0 aliphatic heterocycles. The number of hydrogen-bond donors (Lipinski definition) is 1. The molecule has 0 atom stereocenters. The van der Waals surface area contributed by atoms with Crippen molar-refractivity contribution in [2.45, 2.75) is 6.36 Å². The number of alkyl halides is 3. The van der Waals surface area contributed by atoms with Crippen LogP contribution >= 0.6 is 15.9 Å². The van der Waals surface area contributed by atoms with E-state index in [2.05, 4.69) is 25.8 Å². The zero-order valence-electron chi connectivity index (χ0n) is 7.25. The highest BCUT2D eigenvalue weighted by molar-refractivity contribution is 9.10. The van der Waals surface area contributed by atoms with Crippen molar-refractivity contribution in [2.24, 2.45) is 10.9 Å². The highest BCUT2D eigenvalue weighted by Gasteiger charge is 2.32. The van der Waals surface area contributed by atoms with Gasteiger partial charge in [0.25, 0.3) is 0 Å². The summed E-state index contributed by atoms with van der Waals surface area (Å²) >= 11 is 3.06. The molecule has 0 heterocycles. The minimum absolute atomic E-state index is 0.136. The molecule has 15 heavy (non-hydrogen) atoms. The molecule has 1 aromatic carbocycles. The number of nitrogens with two attached hydrogens (primary N) is 1. The molecule has 0 aliphatic rings. The molecule has 0 unspecified atom stereocenters. The second-order valence-corrected chi connectivity index (χ2v) is 3.33. The van der Waals surface area contributed by atoms with Gasteiger partial charge in [0.05, 0.1) is 11.8 Å². The average Bonchev–Trinajstić information content (AvgIpc) is 2.08. The van der Waals surface area contributed by atoms with Crippen LogP contribution in [-0.4, -0.2) is 12.6 Å². The Labute approximate surface area is 91.8 Å². The zero-order chi connectivity index (χ0) is 11.5. The van der Waals surface area contributed by atoms with Gasteiger partial charge in [0, 0.05) is 4.47 Å². The molecule has 3 nitrogen and oxygen atoms in total. The third-order valence-electron chi connectivity index (χ3n) is 1.44. The largest absolute Gasteiger partial charge is 0.573 e. The quantitative estimate of drug-likeness (QED) is 0.515. The molecule has 1 rings (SSSR count). The average molecular weight is 283 g/mol. The SMILES string of the molecule is NN=Cc1c(Br)cccc1OC(F)(F)F. The van der Waals surface area contributed by atoms with Crippen LogP contribution in [0.2, 0.25) is 0 Å². The Morgan fingerprint density at radius 1 is 1.40 bits per heavy atom. The highest BCUT2D eigenvalue weighted by Crippen LogP contribution is 2.29. The number of benzene rings is 1. The minimum Gasteiger partial charge on any atom is -0.405 e. The van der Waals surface area contributed by atoms with Gasteiger partial charge in [0.1, 0.15) is 5.75 Å². The first-order chi connectivity index (χ1) is 6.94. The topological polar surface area (TPSA) is 47.6 Å². The fourth-order valence-electron chi connectivity index (χ4n) is 0.931. The smallest absolute Gasteiger partial charge is 0.405 e.